The maximum atomic E-state index is 13.1. The topological polar surface area (TPSA) is 75.6 Å². The lowest BCUT2D eigenvalue weighted by molar-refractivity contribution is -0.0919. The number of aromatic amines is 1. The molecular formula is C36H48N4O2. The summed E-state index contributed by atoms with van der Waals surface area (Å²) in [5.74, 6) is 0.648. The van der Waals surface area contributed by atoms with E-state index in [4.69, 9.17) is 4.98 Å². The van der Waals surface area contributed by atoms with Crippen LogP contribution < -0.4 is 0 Å². The molecule has 0 saturated carbocycles. The van der Waals surface area contributed by atoms with E-state index in [0.717, 1.165) is 66.4 Å². The van der Waals surface area contributed by atoms with E-state index in [2.05, 4.69) is 33.0 Å². The van der Waals surface area contributed by atoms with Crippen molar-refractivity contribution in [1.29, 1.82) is 0 Å². The van der Waals surface area contributed by atoms with Crippen molar-refractivity contribution in [3.63, 3.8) is 0 Å². The first-order valence-electron chi connectivity index (χ1n) is 17.1. The Morgan fingerprint density at radius 1 is 0.833 bits per heavy atom. The Labute approximate surface area is 250 Å². The molecule has 6 atom stereocenters. The van der Waals surface area contributed by atoms with Crippen LogP contribution in [0.3, 0.4) is 0 Å². The molecule has 6 heterocycles. The van der Waals surface area contributed by atoms with E-state index in [1.807, 2.05) is 12.3 Å². The van der Waals surface area contributed by atoms with Crippen molar-refractivity contribution in [3.8, 4) is 5.75 Å². The first kappa shape index (κ1) is 27.2. The molecule has 4 saturated heterocycles. The minimum absolute atomic E-state index is 0.0259. The van der Waals surface area contributed by atoms with Gasteiger partial charge in [-0.15, -0.1) is 0 Å². The third-order valence-corrected chi connectivity index (χ3v) is 12.0. The number of aliphatic hydroxyl groups is 1. The van der Waals surface area contributed by atoms with Gasteiger partial charge in [-0.3, -0.25) is 9.88 Å². The maximum absolute atomic E-state index is 13.1. The number of phenolic OH excluding ortho intramolecular Hbond substituents is 1. The number of pyridine rings is 1. The molecule has 3 aromatic rings. The number of hydrogen-bond donors (Lipinski definition) is 3. The van der Waals surface area contributed by atoms with Crippen LogP contribution in [0.25, 0.3) is 27.4 Å². The first-order chi connectivity index (χ1) is 20.6. The van der Waals surface area contributed by atoms with Gasteiger partial charge in [-0.2, -0.15) is 0 Å². The van der Waals surface area contributed by atoms with Crippen LogP contribution in [0.4, 0.5) is 0 Å². The van der Waals surface area contributed by atoms with Gasteiger partial charge in [0.1, 0.15) is 5.75 Å². The molecule has 1 aliphatic carbocycles. The smallest absolute Gasteiger partial charge is 0.139 e. The number of phenols is 1. The number of allylic oxidation sites excluding steroid dienone is 1. The number of fused-ring (bicyclic) bond motifs is 5. The fourth-order valence-corrected chi connectivity index (χ4v) is 10.3. The summed E-state index contributed by atoms with van der Waals surface area (Å²) >= 11 is 0. The summed E-state index contributed by atoms with van der Waals surface area (Å²) in [5, 5.41) is 26.0. The lowest BCUT2D eigenvalue weighted by Crippen LogP contribution is -2.65. The van der Waals surface area contributed by atoms with Crippen LogP contribution in [0.2, 0.25) is 0 Å². The third-order valence-electron chi connectivity index (χ3n) is 12.0. The summed E-state index contributed by atoms with van der Waals surface area (Å²) in [4.78, 5) is 14.3. The van der Waals surface area contributed by atoms with Crippen LogP contribution in [0.15, 0.2) is 36.5 Å². The Kier molecular flexibility index (Phi) is 6.88. The molecule has 224 valence electrons. The van der Waals surface area contributed by atoms with Crippen LogP contribution in [0.1, 0.15) is 95.6 Å². The fourth-order valence-electron chi connectivity index (χ4n) is 10.3. The molecule has 0 radical (unpaired) electrons. The highest BCUT2D eigenvalue weighted by atomic mass is 16.3. The molecule has 6 heteroatoms. The normalized spacial score (nSPS) is 36.3. The van der Waals surface area contributed by atoms with Gasteiger partial charge < -0.3 is 20.1 Å². The van der Waals surface area contributed by atoms with Crippen molar-refractivity contribution in [3.05, 3.63) is 42.2 Å². The summed E-state index contributed by atoms with van der Waals surface area (Å²) < 4.78 is 0. The molecule has 6 nitrogen and oxygen atoms in total. The number of para-hydroxylation sites is 1. The monoisotopic (exact) mass is 568 g/mol. The number of benzene rings is 1. The second-order valence-corrected chi connectivity index (χ2v) is 14.4. The van der Waals surface area contributed by atoms with Gasteiger partial charge in [0, 0.05) is 41.0 Å². The number of rotatable bonds is 1. The maximum Gasteiger partial charge on any atom is 0.139 e. The van der Waals surface area contributed by atoms with Gasteiger partial charge in [-0.25, -0.2) is 0 Å². The lowest BCUT2D eigenvalue weighted by Gasteiger charge is -2.58. The van der Waals surface area contributed by atoms with E-state index in [-0.39, 0.29) is 17.2 Å². The SMILES string of the molecule is Oc1cccc2c1[nH]c1c(C3=C[C@@]4(O)CCCCCCCCN5CC[C@H]3[C@]3(C[C@@H]6CCCCCCN6[C@H]34)C5)nccc12. The minimum Gasteiger partial charge on any atom is -0.506 e. The Bertz CT molecular complexity index is 1500. The molecule has 3 N–H and O–H groups in total. The third kappa shape index (κ3) is 4.27. The molecular weight excluding hydrogens is 520 g/mol. The van der Waals surface area contributed by atoms with Gasteiger partial charge in [0.25, 0.3) is 0 Å². The standard InChI is InChI=1S/C36H48N4O2/c41-30-14-11-13-26-27-15-18-37-32(33(27)38-31(26)30)28-23-36(42)17-8-4-1-2-5-9-19-39-21-16-29(28)35(24-39)22-25-12-7-3-6-10-20-40(25)34(35)36/h11,13-15,18,23,25,29,34,38,41-42H,1-10,12,16-17,19-22,24H2/t25-,29+,34+,35-,36-/m0/s1. The molecule has 0 amide bonds. The molecule has 2 aromatic heterocycles. The van der Waals surface area contributed by atoms with E-state index in [1.54, 1.807) is 6.07 Å². The summed E-state index contributed by atoms with van der Waals surface area (Å²) in [7, 11) is 0. The van der Waals surface area contributed by atoms with Gasteiger partial charge in [-0.05, 0) is 87.9 Å². The number of aromatic nitrogens is 2. The largest absolute Gasteiger partial charge is 0.506 e. The summed E-state index contributed by atoms with van der Waals surface area (Å²) in [6.45, 7) is 4.55. The number of piperidine rings is 1. The second kappa shape index (κ2) is 10.6. The average Bonchev–Trinajstić information content (AvgIpc) is 3.50. The van der Waals surface area contributed by atoms with E-state index < -0.39 is 5.60 Å². The Morgan fingerprint density at radius 3 is 2.52 bits per heavy atom. The Hall–Kier alpha value is -2.41. The summed E-state index contributed by atoms with van der Waals surface area (Å²) in [5.41, 5.74) is 3.19. The van der Waals surface area contributed by atoms with Crippen LogP contribution in [-0.4, -0.2) is 73.8 Å². The van der Waals surface area contributed by atoms with Crippen molar-refractivity contribution < 1.29 is 10.2 Å². The zero-order valence-electron chi connectivity index (χ0n) is 25.2. The lowest BCUT2D eigenvalue weighted by atomic mass is 9.54. The molecule has 4 aliphatic heterocycles. The number of nitrogens with zero attached hydrogens (tertiary/aromatic N) is 3. The minimum atomic E-state index is -0.866. The highest BCUT2D eigenvalue weighted by Crippen LogP contribution is 2.62. The number of H-pyrrole nitrogens is 1. The van der Waals surface area contributed by atoms with Crippen molar-refractivity contribution in [2.45, 2.75) is 108 Å². The van der Waals surface area contributed by atoms with Gasteiger partial charge >= 0.3 is 0 Å². The first-order valence-corrected chi connectivity index (χ1v) is 17.1. The van der Waals surface area contributed by atoms with Crippen molar-refractivity contribution in [2.75, 3.05) is 26.2 Å². The van der Waals surface area contributed by atoms with Gasteiger partial charge in [-0.1, -0.05) is 63.5 Å². The molecule has 1 spiro atoms. The molecule has 4 fully saturated rings. The number of aromatic hydroxyl groups is 1. The number of hydrogen-bond acceptors (Lipinski definition) is 5. The zero-order valence-corrected chi connectivity index (χ0v) is 25.2. The molecule has 1 unspecified atom stereocenters. The van der Waals surface area contributed by atoms with E-state index >= 15 is 0 Å². The summed E-state index contributed by atoms with van der Waals surface area (Å²) in [6, 6.07) is 8.58. The van der Waals surface area contributed by atoms with Crippen molar-refractivity contribution in [1.82, 2.24) is 19.8 Å². The van der Waals surface area contributed by atoms with Crippen LogP contribution in [-0.2, 0) is 0 Å². The molecule has 42 heavy (non-hydrogen) atoms. The Balaban J connectivity index is 1.33. The molecule has 5 aliphatic rings. The predicted octanol–water partition coefficient (Wildman–Crippen LogP) is 7.01. The highest BCUT2D eigenvalue weighted by molar-refractivity contribution is 6.11. The Morgan fingerprint density at radius 2 is 1.62 bits per heavy atom. The molecule has 3 bridgehead atoms. The van der Waals surface area contributed by atoms with Gasteiger partial charge in [0.15, 0.2) is 0 Å². The van der Waals surface area contributed by atoms with E-state index in [9.17, 15) is 10.2 Å². The van der Waals surface area contributed by atoms with Gasteiger partial charge in [0.2, 0.25) is 0 Å². The summed E-state index contributed by atoms with van der Waals surface area (Å²) in [6.07, 6.45) is 21.4. The molecule has 1 aromatic carbocycles. The van der Waals surface area contributed by atoms with Crippen molar-refractivity contribution in [2.24, 2.45) is 11.3 Å². The predicted molar refractivity (Wildman–Crippen MR) is 169 cm³/mol. The van der Waals surface area contributed by atoms with Crippen LogP contribution >= 0.6 is 0 Å². The van der Waals surface area contributed by atoms with E-state index in [0.29, 0.717) is 12.0 Å². The molecule has 8 rings (SSSR count). The van der Waals surface area contributed by atoms with Gasteiger partial charge in [0.05, 0.1) is 22.3 Å². The number of nitrogens with one attached hydrogen (secondary N) is 1. The highest BCUT2D eigenvalue weighted by Gasteiger charge is 2.65. The van der Waals surface area contributed by atoms with E-state index in [1.165, 1.54) is 82.7 Å². The van der Waals surface area contributed by atoms with Crippen LogP contribution in [0, 0.1) is 11.3 Å². The second-order valence-electron chi connectivity index (χ2n) is 14.4. The van der Waals surface area contributed by atoms with Crippen molar-refractivity contribution >= 4 is 27.4 Å². The van der Waals surface area contributed by atoms with Crippen LogP contribution in [0.5, 0.6) is 5.75 Å². The average molecular weight is 569 g/mol. The quantitative estimate of drug-likeness (QED) is 0.294. The fraction of sp³-hybridized carbons (Fsp3) is 0.639. The zero-order chi connectivity index (χ0) is 28.3.